The Morgan fingerprint density at radius 3 is 2.44 bits per heavy atom. The molecule has 0 bridgehead atoms. The second kappa shape index (κ2) is 7.58. The van der Waals surface area contributed by atoms with Crippen LogP contribution in [0.3, 0.4) is 0 Å². The van der Waals surface area contributed by atoms with Crippen LogP contribution in [0.15, 0.2) is 58.1 Å². The highest BCUT2D eigenvalue weighted by Gasteiger charge is 2.13. The summed E-state index contributed by atoms with van der Waals surface area (Å²) in [6.07, 6.45) is 0. The largest absolute Gasteiger partial charge is 0.465 e. The summed E-state index contributed by atoms with van der Waals surface area (Å²) in [5, 5.41) is 11.8. The molecule has 25 heavy (non-hydrogen) atoms. The van der Waals surface area contributed by atoms with Gasteiger partial charge in [0, 0.05) is 23.8 Å². The van der Waals surface area contributed by atoms with Crippen molar-refractivity contribution in [1.82, 2.24) is 0 Å². The molecule has 0 N–H and O–H groups in total. The van der Waals surface area contributed by atoms with Crippen molar-refractivity contribution in [2.45, 2.75) is 0 Å². The van der Waals surface area contributed by atoms with Gasteiger partial charge in [0.05, 0.1) is 18.4 Å². The van der Waals surface area contributed by atoms with E-state index in [1.54, 1.807) is 46.9 Å². The molecular formula is C18H17N3O2S2. The quantitative estimate of drug-likeness (QED) is 0.424. The van der Waals surface area contributed by atoms with Gasteiger partial charge in [-0.05, 0) is 41.8 Å². The highest BCUT2D eigenvalue weighted by molar-refractivity contribution is 7.24. The predicted octanol–water partition coefficient (Wildman–Crippen LogP) is 5.74. The fraction of sp³-hybridized carbons (Fsp3) is 0.167. The van der Waals surface area contributed by atoms with Crippen molar-refractivity contribution < 1.29 is 9.53 Å². The normalized spacial score (nSPS) is 11.0. The number of thiophene rings is 2. The average Bonchev–Trinajstić information content (AvgIpc) is 3.29. The minimum absolute atomic E-state index is 0.364. The van der Waals surface area contributed by atoms with Crippen molar-refractivity contribution in [3.05, 3.63) is 53.4 Å². The first-order valence-electron chi connectivity index (χ1n) is 7.53. The zero-order chi connectivity index (χ0) is 17.8. The summed E-state index contributed by atoms with van der Waals surface area (Å²) in [5.41, 5.74) is 2.00. The first-order chi connectivity index (χ1) is 12.1. The molecule has 128 valence electrons. The molecule has 2 aromatic heterocycles. The maximum Gasteiger partial charge on any atom is 0.337 e. The van der Waals surface area contributed by atoms with Crippen molar-refractivity contribution in [3.8, 4) is 9.75 Å². The van der Waals surface area contributed by atoms with Crippen LogP contribution in [-0.4, -0.2) is 27.2 Å². The molecule has 0 radical (unpaired) electrons. The van der Waals surface area contributed by atoms with Crippen molar-refractivity contribution in [2.24, 2.45) is 10.2 Å². The second-order valence-corrected chi connectivity index (χ2v) is 7.39. The monoisotopic (exact) mass is 371 g/mol. The van der Waals surface area contributed by atoms with Gasteiger partial charge in [-0.3, -0.25) is 0 Å². The van der Waals surface area contributed by atoms with Gasteiger partial charge in [-0.2, -0.15) is 5.11 Å². The topological polar surface area (TPSA) is 54.3 Å². The molecule has 5 nitrogen and oxygen atoms in total. The van der Waals surface area contributed by atoms with E-state index in [2.05, 4.69) is 32.5 Å². The van der Waals surface area contributed by atoms with Gasteiger partial charge in [0.2, 0.25) is 0 Å². The fourth-order valence-electron chi connectivity index (χ4n) is 2.20. The number of rotatable bonds is 5. The minimum Gasteiger partial charge on any atom is -0.465 e. The average molecular weight is 371 g/mol. The Balaban J connectivity index is 1.86. The molecule has 2 heterocycles. The molecule has 3 aromatic rings. The Kier molecular flexibility index (Phi) is 5.25. The molecule has 0 fully saturated rings. The molecule has 0 saturated carbocycles. The maximum atomic E-state index is 11.5. The van der Waals surface area contributed by atoms with Crippen molar-refractivity contribution in [1.29, 1.82) is 0 Å². The van der Waals surface area contributed by atoms with Crippen molar-refractivity contribution in [3.63, 3.8) is 0 Å². The Hall–Kier alpha value is -2.51. The zero-order valence-electron chi connectivity index (χ0n) is 14.1. The lowest BCUT2D eigenvalue weighted by atomic mass is 10.2. The Morgan fingerprint density at radius 2 is 1.84 bits per heavy atom. The molecule has 0 amide bonds. The van der Waals surface area contributed by atoms with Crippen molar-refractivity contribution >= 4 is 45.0 Å². The number of hydrogen-bond donors (Lipinski definition) is 0. The van der Waals surface area contributed by atoms with Crippen LogP contribution in [0.5, 0.6) is 0 Å². The van der Waals surface area contributed by atoms with Crippen LogP contribution < -0.4 is 4.90 Å². The molecule has 0 spiro atoms. The smallest absolute Gasteiger partial charge is 0.337 e. The summed E-state index contributed by atoms with van der Waals surface area (Å²) in [4.78, 5) is 15.9. The van der Waals surface area contributed by atoms with E-state index in [4.69, 9.17) is 0 Å². The molecule has 0 aliphatic heterocycles. The minimum atomic E-state index is -0.364. The van der Waals surface area contributed by atoms with E-state index < -0.39 is 0 Å². The molecule has 3 rings (SSSR count). The van der Waals surface area contributed by atoms with E-state index in [0.717, 1.165) is 10.7 Å². The van der Waals surface area contributed by atoms with Crippen LogP contribution in [0.1, 0.15) is 10.4 Å². The van der Waals surface area contributed by atoms with Crippen LogP contribution in [0.2, 0.25) is 0 Å². The van der Waals surface area contributed by atoms with Crippen LogP contribution in [0.25, 0.3) is 9.75 Å². The lowest BCUT2D eigenvalue weighted by molar-refractivity contribution is 0.0601. The third-order valence-corrected chi connectivity index (χ3v) is 5.78. The van der Waals surface area contributed by atoms with E-state index in [1.807, 2.05) is 25.1 Å². The van der Waals surface area contributed by atoms with Crippen LogP contribution in [-0.2, 0) is 4.74 Å². The summed E-state index contributed by atoms with van der Waals surface area (Å²) >= 11 is 3.40. The first kappa shape index (κ1) is 17.3. The molecule has 0 aliphatic rings. The molecule has 0 saturated heterocycles. The number of benzene rings is 1. The van der Waals surface area contributed by atoms with Gasteiger partial charge < -0.3 is 9.64 Å². The summed E-state index contributed by atoms with van der Waals surface area (Å²) in [6.45, 7) is 0. The first-order valence-corrected chi connectivity index (χ1v) is 9.23. The van der Waals surface area contributed by atoms with Crippen molar-refractivity contribution in [2.75, 3.05) is 26.1 Å². The molecular weight excluding hydrogens is 354 g/mol. The third-order valence-electron chi connectivity index (χ3n) is 3.43. The lowest BCUT2D eigenvalue weighted by Gasteiger charge is -2.09. The molecule has 0 aliphatic carbocycles. The van der Waals surface area contributed by atoms with Crippen LogP contribution in [0.4, 0.5) is 16.4 Å². The summed E-state index contributed by atoms with van der Waals surface area (Å²) < 4.78 is 4.69. The number of nitrogens with zero attached hydrogens (tertiary/aromatic N) is 3. The number of methoxy groups -OCH3 is 1. The van der Waals surface area contributed by atoms with Gasteiger partial charge in [0.1, 0.15) is 10.7 Å². The van der Waals surface area contributed by atoms with Crippen LogP contribution >= 0.6 is 22.7 Å². The number of hydrogen-bond acceptors (Lipinski definition) is 7. The van der Waals surface area contributed by atoms with Crippen LogP contribution in [0, 0.1) is 0 Å². The number of azo groups is 1. The molecule has 0 unspecified atom stereocenters. The van der Waals surface area contributed by atoms with E-state index in [1.165, 1.54) is 16.9 Å². The zero-order valence-corrected chi connectivity index (χ0v) is 15.7. The van der Waals surface area contributed by atoms with E-state index in [0.29, 0.717) is 11.3 Å². The molecule has 1 aromatic carbocycles. The van der Waals surface area contributed by atoms with E-state index in [-0.39, 0.29) is 5.97 Å². The number of carbonyl (C=O) groups is 1. The standard InChI is InChI=1S/C18H17N3O2S2/c1-21(2)17-14(11-16(25-17)15-5-4-10-24-15)20-19-13-8-6-12(7-9-13)18(22)23-3/h4-11H,1-3H3. The lowest BCUT2D eigenvalue weighted by Crippen LogP contribution is -2.06. The predicted molar refractivity (Wildman–Crippen MR) is 104 cm³/mol. The fourth-order valence-corrected chi connectivity index (χ4v) is 4.04. The molecule has 7 heteroatoms. The summed E-state index contributed by atoms with van der Waals surface area (Å²) in [5.74, 6) is -0.364. The summed E-state index contributed by atoms with van der Waals surface area (Å²) in [7, 11) is 5.35. The third kappa shape index (κ3) is 3.94. The Labute approximate surface area is 154 Å². The van der Waals surface area contributed by atoms with Gasteiger partial charge in [-0.25, -0.2) is 4.79 Å². The van der Waals surface area contributed by atoms with E-state index >= 15 is 0 Å². The van der Waals surface area contributed by atoms with Gasteiger partial charge in [0.15, 0.2) is 0 Å². The molecule has 0 atom stereocenters. The van der Waals surface area contributed by atoms with Gasteiger partial charge in [-0.1, -0.05) is 6.07 Å². The number of ether oxygens (including phenoxy) is 1. The van der Waals surface area contributed by atoms with Gasteiger partial charge in [-0.15, -0.1) is 27.8 Å². The SMILES string of the molecule is COC(=O)c1ccc(N=Nc2cc(-c3cccs3)sc2N(C)C)cc1. The summed E-state index contributed by atoms with van der Waals surface area (Å²) in [6, 6.07) is 13.0. The maximum absolute atomic E-state index is 11.5. The van der Waals surface area contributed by atoms with Gasteiger partial charge >= 0.3 is 5.97 Å². The van der Waals surface area contributed by atoms with E-state index in [9.17, 15) is 4.79 Å². The highest BCUT2D eigenvalue weighted by Crippen LogP contribution is 2.43. The number of esters is 1. The van der Waals surface area contributed by atoms with Gasteiger partial charge in [0.25, 0.3) is 0 Å². The number of anilines is 1. The highest BCUT2D eigenvalue weighted by atomic mass is 32.1. The Bertz CT molecular complexity index is 882. The Morgan fingerprint density at radius 1 is 1.08 bits per heavy atom. The number of carbonyl (C=O) groups excluding carboxylic acids is 1. The second-order valence-electron chi connectivity index (χ2n) is 5.41.